The van der Waals surface area contributed by atoms with Gasteiger partial charge in [-0.1, -0.05) is 29.8 Å². The van der Waals surface area contributed by atoms with Crippen molar-refractivity contribution >= 4 is 28.9 Å². The van der Waals surface area contributed by atoms with Crippen molar-refractivity contribution in [1.29, 1.82) is 5.41 Å². The summed E-state index contributed by atoms with van der Waals surface area (Å²) in [5.74, 6) is 0.515. The Morgan fingerprint density at radius 1 is 1.28 bits per heavy atom. The number of nitrogens with zero attached hydrogens (tertiary/aromatic N) is 2. The zero-order valence-electron chi connectivity index (χ0n) is 9.89. The highest BCUT2D eigenvalue weighted by Gasteiger charge is 2.14. The van der Waals surface area contributed by atoms with Gasteiger partial charge >= 0.3 is 0 Å². The molecule has 2 rings (SSSR count). The summed E-state index contributed by atoms with van der Waals surface area (Å²) in [6.45, 7) is 0. The number of nitrogens with two attached hydrogens (primary N) is 1. The van der Waals surface area contributed by atoms with Crippen molar-refractivity contribution in [2.45, 2.75) is 0 Å². The lowest BCUT2D eigenvalue weighted by molar-refractivity contribution is 1.12. The molecular formula is C13H13ClN4. The average molecular weight is 261 g/mol. The van der Waals surface area contributed by atoms with E-state index in [0.717, 1.165) is 5.69 Å². The fourth-order valence-corrected chi connectivity index (χ4v) is 1.99. The summed E-state index contributed by atoms with van der Waals surface area (Å²) in [5.41, 5.74) is 6.93. The number of nitrogen functional groups attached to an aromatic ring is 1. The Bertz CT molecular complexity index is 568. The van der Waals surface area contributed by atoms with Crippen LogP contribution in [0.3, 0.4) is 0 Å². The topological polar surface area (TPSA) is 66.0 Å². The van der Waals surface area contributed by atoms with Crippen molar-refractivity contribution in [1.82, 2.24) is 4.98 Å². The maximum atomic E-state index is 7.47. The van der Waals surface area contributed by atoms with E-state index in [-0.39, 0.29) is 5.84 Å². The largest absolute Gasteiger partial charge is 0.384 e. The van der Waals surface area contributed by atoms with E-state index < -0.39 is 0 Å². The van der Waals surface area contributed by atoms with Gasteiger partial charge in [0.05, 0.1) is 5.02 Å². The van der Waals surface area contributed by atoms with E-state index in [1.54, 1.807) is 12.3 Å². The molecule has 5 heteroatoms. The van der Waals surface area contributed by atoms with Gasteiger partial charge in [0, 0.05) is 24.5 Å². The zero-order chi connectivity index (χ0) is 13.1. The minimum atomic E-state index is -0.0647. The fourth-order valence-electron chi connectivity index (χ4n) is 1.65. The number of para-hydroxylation sites is 1. The maximum absolute atomic E-state index is 7.47. The summed E-state index contributed by atoms with van der Waals surface area (Å²) in [6.07, 6.45) is 1.59. The molecule has 1 heterocycles. The van der Waals surface area contributed by atoms with Gasteiger partial charge in [0.15, 0.2) is 5.82 Å². The number of benzene rings is 1. The van der Waals surface area contributed by atoms with Crippen LogP contribution in [0.5, 0.6) is 0 Å². The molecule has 0 saturated carbocycles. The zero-order valence-corrected chi connectivity index (χ0v) is 10.6. The summed E-state index contributed by atoms with van der Waals surface area (Å²) in [4.78, 5) is 6.10. The summed E-state index contributed by atoms with van der Waals surface area (Å²) >= 11 is 6.22. The van der Waals surface area contributed by atoms with E-state index in [1.807, 2.05) is 42.3 Å². The lowest BCUT2D eigenvalue weighted by atomic mass is 10.2. The molecule has 0 spiro atoms. The highest BCUT2D eigenvalue weighted by molar-refractivity contribution is 6.36. The number of nitrogens with one attached hydrogen (secondary N) is 1. The van der Waals surface area contributed by atoms with Crippen LogP contribution in [0, 0.1) is 5.41 Å². The van der Waals surface area contributed by atoms with Gasteiger partial charge in [-0.05, 0) is 18.2 Å². The van der Waals surface area contributed by atoms with Gasteiger partial charge in [-0.15, -0.1) is 0 Å². The van der Waals surface area contributed by atoms with Crippen molar-refractivity contribution < 1.29 is 0 Å². The molecule has 0 aliphatic heterocycles. The lowest BCUT2D eigenvalue weighted by Crippen LogP contribution is -2.16. The molecule has 0 fully saturated rings. The highest BCUT2D eigenvalue weighted by Crippen LogP contribution is 2.30. The second kappa shape index (κ2) is 5.06. The van der Waals surface area contributed by atoms with E-state index in [9.17, 15) is 0 Å². The van der Waals surface area contributed by atoms with Crippen LogP contribution >= 0.6 is 11.6 Å². The molecule has 0 aliphatic carbocycles. The van der Waals surface area contributed by atoms with Crippen molar-refractivity contribution in [2.75, 3.05) is 11.9 Å². The van der Waals surface area contributed by atoms with Crippen LogP contribution in [0.4, 0.5) is 11.5 Å². The summed E-state index contributed by atoms with van der Waals surface area (Å²) in [7, 11) is 1.87. The molecule has 92 valence electrons. The van der Waals surface area contributed by atoms with Crippen molar-refractivity contribution in [2.24, 2.45) is 5.73 Å². The Hall–Kier alpha value is -2.07. The SMILES string of the molecule is CN(c1ccccc1)c1nccc(C(=N)N)c1Cl. The van der Waals surface area contributed by atoms with Gasteiger partial charge in [-0.3, -0.25) is 5.41 Å². The number of aromatic nitrogens is 1. The van der Waals surface area contributed by atoms with Crippen LogP contribution in [0.2, 0.25) is 5.02 Å². The lowest BCUT2D eigenvalue weighted by Gasteiger charge is -2.20. The van der Waals surface area contributed by atoms with Crippen LogP contribution < -0.4 is 10.6 Å². The predicted octanol–water partition coefficient (Wildman–Crippen LogP) is 2.79. The van der Waals surface area contributed by atoms with Crippen LogP contribution in [-0.2, 0) is 0 Å². The molecule has 0 radical (unpaired) electrons. The van der Waals surface area contributed by atoms with Gasteiger partial charge in [-0.25, -0.2) is 4.98 Å². The molecule has 0 unspecified atom stereocenters. The fraction of sp³-hybridized carbons (Fsp3) is 0.0769. The Labute approximate surface area is 111 Å². The monoisotopic (exact) mass is 260 g/mol. The maximum Gasteiger partial charge on any atom is 0.152 e. The second-order valence-corrected chi connectivity index (χ2v) is 4.18. The van der Waals surface area contributed by atoms with Gasteiger partial charge in [0.2, 0.25) is 0 Å². The van der Waals surface area contributed by atoms with Crippen molar-refractivity contribution in [3.63, 3.8) is 0 Å². The Morgan fingerprint density at radius 3 is 2.56 bits per heavy atom. The van der Waals surface area contributed by atoms with Crippen LogP contribution in [0.25, 0.3) is 0 Å². The van der Waals surface area contributed by atoms with E-state index >= 15 is 0 Å². The highest BCUT2D eigenvalue weighted by atomic mass is 35.5. The molecule has 3 N–H and O–H groups in total. The standard InChI is InChI=1S/C13H13ClN4/c1-18(9-5-3-2-4-6-9)13-11(14)10(12(15)16)7-8-17-13/h2-8H,1H3,(H3,15,16). The summed E-state index contributed by atoms with van der Waals surface area (Å²) in [6, 6.07) is 11.4. The summed E-state index contributed by atoms with van der Waals surface area (Å²) in [5, 5.41) is 7.85. The summed E-state index contributed by atoms with van der Waals surface area (Å²) < 4.78 is 0. The molecule has 2 aromatic rings. The predicted molar refractivity (Wildman–Crippen MR) is 74.8 cm³/mol. The van der Waals surface area contributed by atoms with Crippen LogP contribution in [0.15, 0.2) is 42.6 Å². The molecule has 1 aromatic heterocycles. The molecular weight excluding hydrogens is 248 g/mol. The molecule has 4 nitrogen and oxygen atoms in total. The molecule has 1 aromatic carbocycles. The van der Waals surface area contributed by atoms with E-state index in [4.69, 9.17) is 22.7 Å². The number of anilines is 2. The Balaban J connectivity index is 2.46. The first-order valence-electron chi connectivity index (χ1n) is 5.39. The molecule has 0 atom stereocenters. The Kier molecular flexibility index (Phi) is 3.48. The first-order valence-corrected chi connectivity index (χ1v) is 5.76. The number of pyridine rings is 1. The molecule has 0 saturated heterocycles. The smallest absolute Gasteiger partial charge is 0.152 e. The third-order valence-electron chi connectivity index (χ3n) is 2.62. The minimum absolute atomic E-state index is 0.0647. The van der Waals surface area contributed by atoms with E-state index in [2.05, 4.69) is 4.98 Å². The van der Waals surface area contributed by atoms with E-state index in [1.165, 1.54) is 0 Å². The first-order chi connectivity index (χ1) is 8.61. The average Bonchev–Trinajstić information content (AvgIpc) is 2.39. The second-order valence-electron chi connectivity index (χ2n) is 3.80. The van der Waals surface area contributed by atoms with Crippen LogP contribution in [-0.4, -0.2) is 17.9 Å². The van der Waals surface area contributed by atoms with Gasteiger partial charge in [0.1, 0.15) is 5.84 Å². The quantitative estimate of drug-likeness (QED) is 0.659. The van der Waals surface area contributed by atoms with Crippen molar-refractivity contribution in [3.05, 3.63) is 53.2 Å². The van der Waals surface area contributed by atoms with Gasteiger partial charge in [0.25, 0.3) is 0 Å². The minimum Gasteiger partial charge on any atom is -0.384 e. The first kappa shape index (κ1) is 12.4. The normalized spacial score (nSPS) is 10.1. The number of halogens is 1. The number of hydrogen-bond acceptors (Lipinski definition) is 3. The van der Waals surface area contributed by atoms with Gasteiger partial charge in [-0.2, -0.15) is 0 Å². The van der Waals surface area contributed by atoms with E-state index in [0.29, 0.717) is 16.4 Å². The Morgan fingerprint density at radius 2 is 1.94 bits per heavy atom. The number of hydrogen-bond donors (Lipinski definition) is 2. The number of amidine groups is 1. The van der Waals surface area contributed by atoms with Gasteiger partial charge < -0.3 is 10.6 Å². The van der Waals surface area contributed by atoms with Crippen LogP contribution in [0.1, 0.15) is 5.56 Å². The molecule has 0 aliphatic rings. The third kappa shape index (κ3) is 2.28. The molecule has 0 bridgehead atoms. The molecule has 0 amide bonds. The molecule has 18 heavy (non-hydrogen) atoms. The van der Waals surface area contributed by atoms with Crippen molar-refractivity contribution in [3.8, 4) is 0 Å². The third-order valence-corrected chi connectivity index (χ3v) is 2.99. The number of rotatable bonds is 3.